The van der Waals surface area contributed by atoms with Gasteiger partial charge >= 0.3 is 0 Å². The van der Waals surface area contributed by atoms with Crippen molar-refractivity contribution in [1.29, 1.82) is 0 Å². The highest BCUT2D eigenvalue weighted by molar-refractivity contribution is 7.80. The summed E-state index contributed by atoms with van der Waals surface area (Å²) in [4.78, 5) is 2.27. The SMILES string of the molecule is NC1CCN(c2ccc(NS(=O)[O-])cc2)CC1. The van der Waals surface area contributed by atoms with E-state index in [1.165, 1.54) is 0 Å². The second kappa shape index (κ2) is 5.48. The molecule has 1 aliphatic rings. The van der Waals surface area contributed by atoms with Crippen molar-refractivity contribution in [3.8, 4) is 0 Å². The minimum atomic E-state index is -2.26. The van der Waals surface area contributed by atoms with Gasteiger partial charge in [-0.2, -0.15) is 0 Å². The van der Waals surface area contributed by atoms with E-state index in [0.29, 0.717) is 11.7 Å². The molecule has 3 N–H and O–H groups in total. The van der Waals surface area contributed by atoms with Crippen LogP contribution < -0.4 is 15.4 Å². The Morgan fingerprint density at radius 1 is 1.29 bits per heavy atom. The Morgan fingerprint density at radius 3 is 2.41 bits per heavy atom. The maximum Gasteiger partial charge on any atom is 0.0453 e. The summed E-state index contributed by atoms with van der Waals surface area (Å²) < 4.78 is 23.2. The molecule has 94 valence electrons. The summed E-state index contributed by atoms with van der Waals surface area (Å²) in [6.07, 6.45) is 2.01. The summed E-state index contributed by atoms with van der Waals surface area (Å²) in [6, 6.07) is 7.69. The van der Waals surface area contributed by atoms with Crippen molar-refractivity contribution in [3.05, 3.63) is 24.3 Å². The molecule has 2 rings (SSSR count). The lowest BCUT2D eigenvalue weighted by Gasteiger charge is -2.32. The molecular formula is C11H16N3O2S-. The zero-order valence-electron chi connectivity index (χ0n) is 9.46. The second-order valence-corrected chi connectivity index (χ2v) is 4.88. The van der Waals surface area contributed by atoms with Crippen LogP contribution in [0.2, 0.25) is 0 Å². The Hall–Kier alpha value is -1.11. The molecule has 1 unspecified atom stereocenters. The number of benzene rings is 1. The lowest BCUT2D eigenvalue weighted by Crippen LogP contribution is -2.39. The molecule has 5 nitrogen and oxygen atoms in total. The Bertz CT molecular complexity index is 388. The maximum atomic E-state index is 10.5. The fourth-order valence-electron chi connectivity index (χ4n) is 1.99. The number of rotatable bonds is 3. The van der Waals surface area contributed by atoms with Gasteiger partial charge in [-0.05, 0) is 37.1 Å². The quantitative estimate of drug-likeness (QED) is 0.782. The zero-order chi connectivity index (χ0) is 12.3. The van der Waals surface area contributed by atoms with Gasteiger partial charge in [0.15, 0.2) is 0 Å². The predicted molar refractivity (Wildman–Crippen MR) is 68.4 cm³/mol. The molecule has 1 aromatic carbocycles. The lowest BCUT2D eigenvalue weighted by atomic mass is 10.1. The highest BCUT2D eigenvalue weighted by Crippen LogP contribution is 2.21. The number of hydrogen-bond acceptors (Lipinski definition) is 4. The normalized spacial score (nSPS) is 19.1. The van der Waals surface area contributed by atoms with Crippen LogP contribution >= 0.6 is 0 Å². The van der Waals surface area contributed by atoms with Crippen LogP contribution in [0.3, 0.4) is 0 Å². The van der Waals surface area contributed by atoms with Crippen LogP contribution in [0.4, 0.5) is 11.4 Å². The van der Waals surface area contributed by atoms with E-state index < -0.39 is 11.3 Å². The molecule has 17 heavy (non-hydrogen) atoms. The Kier molecular flexibility index (Phi) is 3.98. The summed E-state index contributed by atoms with van der Waals surface area (Å²) in [5, 5.41) is 0. The van der Waals surface area contributed by atoms with Crippen LogP contribution in [-0.2, 0) is 11.3 Å². The standard InChI is InChI=1S/C11H17N3O2S/c12-9-5-7-14(8-6-9)11-3-1-10(2-4-11)13-17(15)16/h1-4,9,13H,5-8,12H2,(H,15,16)/p-1. The monoisotopic (exact) mass is 254 g/mol. The van der Waals surface area contributed by atoms with Crippen molar-refractivity contribution in [3.63, 3.8) is 0 Å². The van der Waals surface area contributed by atoms with Gasteiger partial charge in [-0.3, -0.25) is 4.21 Å². The van der Waals surface area contributed by atoms with E-state index in [1.807, 2.05) is 12.1 Å². The average Bonchev–Trinajstić information content (AvgIpc) is 2.30. The fraction of sp³-hybridized carbons (Fsp3) is 0.455. The summed E-state index contributed by atoms with van der Waals surface area (Å²) in [5.74, 6) is 0. The van der Waals surface area contributed by atoms with E-state index in [1.54, 1.807) is 12.1 Å². The molecule has 1 saturated heterocycles. The third kappa shape index (κ3) is 3.42. The van der Waals surface area contributed by atoms with E-state index in [2.05, 4.69) is 9.62 Å². The first-order valence-electron chi connectivity index (χ1n) is 5.61. The van der Waals surface area contributed by atoms with Crippen LogP contribution in [0.5, 0.6) is 0 Å². The predicted octanol–water partition coefficient (Wildman–Crippen LogP) is 0.820. The molecule has 0 spiro atoms. The van der Waals surface area contributed by atoms with Gasteiger partial charge in [0.05, 0.1) is 0 Å². The van der Waals surface area contributed by atoms with Crippen molar-refractivity contribution in [1.82, 2.24) is 0 Å². The Morgan fingerprint density at radius 2 is 1.88 bits per heavy atom. The van der Waals surface area contributed by atoms with Crippen molar-refractivity contribution < 1.29 is 8.76 Å². The molecule has 0 aliphatic carbocycles. The molecule has 1 aliphatic heterocycles. The van der Waals surface area contributed by atoms with Gasteiger partial charge in [-0.25, -0.2) is 0 Å². The molecule has 0 radical (unpaired) electrons. The Labute approximate surface area is 103 Å². The molecule has 0 bridgehead atoms. The summed E-state index contributed by atoms with van der Waals surface area (Å²) in [5.41, 5.74) is 7.54. The van der Waals surface area contributed by atoms with Crippen molar-refractivity contribution in [2.75, 3.05) is 22.7 Å². The van der Waals surface area contributed by atoms with Crippen molar-refractivity contribution in [2.24, 2.45) is 5.73 Å². The zero-order valence-corrected chi connectivity index (χ0v) is 10.3. The van der Waals surface area contributed by atoms with E-state index >= 15 is 0 Å². The molecule has 1 atom stereocenters. The van der Waals surface area contributed by atoms with Gasteiger partial charge in [0.2, 0.25) is 0 Å². The molecule has 1 fully saturated rings. The average molecular weight is 254 g/mol. The third-order valence-corrected chi connectivity index (χ3v) is 3.38. The van der Waals surface area contributed by atoms with Crippen LogP contribution in [0, 0.1) is 0 Å². The fourth-order valence-corrected chi connectivity index (χ4v) is 2.32. The van der Waals surface area contributed by atoms with E-state index in [4.69, 9.17) is 5.73 Å². The summed E-state index contributed by atoms with van der Waals surface area (Å²) in [6.45, 7) is 1.92. The molecule has 6 heteroatoms. The number of nitrogens with zero attached hydrogens (tertiary/aromatic N) is 1. The summed E-state index contributed by atoms with van der Waals surface area (Å²) >= 11 is -2.26. The van der Waals surface area contributed by atoms with Crippen LogP contribution in [0.1, 0.15) is 12.8 Å². The number of piperidine rings is 1. The van der Waals surface area contributed by atoms with Gasteiger partial charge in [0, 0.05) is 41.8 Å². The van der Waals surface area contributed by atoms with Gasteiger partial charge in [0.1, 0.15) is 0 Å². The van der Waals surface area contributed by atoms with E-state index in [9.17, 15) is 8.76 Å². The largest absolute Gasteiger partial charge is 0.755 e. The smallest absolute Gasteiger partial charge is 0.0453 e. The summed E-state index contributed by atoms with van der Waals surface area (Å²) in [7, 11) is 0. The number of hydrogen-bond donors (Lipinski definition) is 2. The molecule has 1 heterocycles. The van der Waals surface area contributed by atoms with E-state index in [-0.39, 0.29) is 0 Å². The molecule has 0 amide bonds. The van der Waals surface area contributed by atoms with Gasteiger partial charge in [0.25, 0.3) is 0 Å². The second-order valence-electron chi connectivity index (χ2n) is 4.21. The maximum absolute atomic E-state index is 10.5. The van der Waals surface area contributed by atoms with E-state index in [0.717, 1.165) is 31.6 Å². The first-order chi connectivity index (χ1) is 8.15. The number of nitrogens with one attached hydrogen (secondary N) is 1. The van der Waals surface area contributed by atoms with Gasteiger partial charge < -0.3 is 19.9 Å². The highest BCUT2D eigenvalue weighted by atomic mass is 32.2. The topological polar surface area (TPSA) is 81.4 Å². The van der Waals surface area contributed by atoms with Gasteiger partial charge in [-0.15, -0.1) is 0 Å². The third-order valence-electron chi connectivity index (χ3n) is 2.97. The molecule has 0 saturated carbocycles. The lowest BCUT2D eigenvalue weighted by molar-refractivity contribution is 0.501. The van der Waals surface area contributed by atoms with Crippen molar-refractivity contribution >= 4 is 22.6 Å². The van der Waals surface area contributed by atoms with Gasteiger partial charge in [-0.1, -0.05) is 0 Å². The first-order valence-corrected chi connectivity index (χ1v) is 6.69. The van der Waals surface area contributed by atoms with Crippen LogP contribution in [0.25, 0.3) is 0 Å². The number of anilines is 2. The minimum absolute atomic E-state index is 0.315. The number of nitrogens with two attached hydrogens (primary N) is 1. The molecule has 0 aromatic heterocycles. The van der Waals surface area contributed by atoms with Crippen molar-refractivity contribution in [2.45, 2.75) is 18.9 Å². The Balaban J connectivity index is 2.00. The molecular weight excluding hydrogens is 238 g/mol. The highest BCUT2D eigenvalue weighted by Gasteiger charge is 2.15. The molecule has 1 aromatic rings. The van der Waals surface area contributed by atoms with Crippen LogP contribution in [-0.4, -0.2) is 27.9 Å². The van der Waals surface area contributed by atoms with Crippen LogP contribution in [0.15, 0.2) is 24.3 Å². The minimum Gasteiger partial charge on any atom is -0.755 e. The first kappa shape index (κ1) is 12.3.